The van der Waals surface area contributed by atoms with Gasteiger partial charge in [-0.15, -0.1) is 6.58 Å². The molecule has 13 nitrogen and oxygen atoms in total. The van der Waals surface area contributed by atoms with E-state index in [1.165, 1.54) is 12.7 Å². The minimum absolute atomic E-state index is 0.0837. The van der Waals surface area contributed by atoms with Gasteiger partial charge < -0.3 is 43.5 Å². The molecule has 1 amide bonds. The highest BCUT2D eigenvalue weighted by molar-refractivity contribution is 8.00. The van der Waals surface area contributed by atoms with E-state index in [2.05, 4.69) is 23.0 Å². The van der Waals surface area contributed by atoms with Crippen LogP contribution in [0.5, 0.6) is 23.0 Å². The Bertz CT molecular complexity index is 2010. The van der Waals surface area contributed by atoms with Gasteiger partial charge >= 0.3 is 6.09 Å². The predicted octanol–water partition coefficient (Wildman–Crippen LogP) is 8.85. The van der Waals surface area contributed by atoms with E-state index in [1.807, 2.05) is 48.4 Å². The maximum Gasteiger partial charge on any atom is 0.417 e. The molecular weight excluding hydrogens is 811 g/mol. The number of amides is 1. The maximum atomic E-state index is 13.5. The highest BCUT2D eigenvalue weighted by Gasteiger charge is 2.64. The molecule has 2 aromatic carbocycles. The van der Waals surface area contributed by atoms with Gasteiger partial charge in [-0.3, -0.25) is 10.3 Å². The van der Waals surface area contributed by atoms with Crippen LogP contribution in [0.25, 0.3) is 0 Å². The van der Waals surface area contributed by atoms with E-state index in [1.54, 1.807) is 37.5 Å². The number of aliphatic hydroxyl groups is 2. The zero-order chi connectivity index (χ0) is 43.3. The normalized spacial score (nSPS) is 25.7. The van der Waals surface area contributed by atoms with Crippen LogP contribution in [-0.2, 0) is 20.7 Å². The lowest BCUT2D eigenvalue weighted by Gasteiger charge is -2.58. The van der Waals surface area contributed by atoms with Crippen molar-refractivity contribution in [2.24, 2.45) is 22.9 Å². The van der Waals surface area contributed by atoms with E-state index < -0.39 is 18.2 Å². The number of thioether (sulfide) groups is 1. The van der Waals surface area contributed by atoms with Gasteiger partial charge in [-0.05, 0) is 116 Å². The smallest absolute Gasteiger partial charge is 0.417 e. The summed E-state index contributed by atoms with van der Waals surface area (Å²) in [5.41, 5.74) is 4.41. The number of oxime groups is 1. The third-order valence-corrected chi connectivity index (χ3v) is 13.7. The molecule has 1 aromatic heterocycles. The zero-order valence-corrected chi connectivity index (χ0v) is 36.7. The van der Waals surface area contributed by atoms with Crippen molar-refractivity contribution in [2.75, 3.05) is 51.7 Å². The van der Waals surface area contributed by atoms with Gasteiger partial charge in [0.15, 0.2) is 0 Å². The van der Waals surface area contributed by atoms with Crippen molar-refractivity contribution < 1.29 is 48.3 Å². The highest BCUT2D eigenvalue weighted by Crippen LogP contribution is 2.62. The number of ether oxygens (including phenoxy) is 6. The number of hydrogen-bond acceptors (Lipinski definition) is 13. The molecule has 3 heterocycles. The standard InChI is InChI=1S/C48H61N3O10S/c1-4-25-58-48-43(62-27-20-32-18-21-49-22-19-32)31-40(51-61-44-13-7-10-26-57-44)37-28-33(11-5-8-23-52)36(12-6-9-24-53)45(46(37)48)38-29-35(15-17-41(38)60-48)59-47(54)50-39-16-14-34(55-2)30-42(39)56-3/h4,14-19,21-22,28-30,33,36,43-46,52-53H,1,5-13,20,23-27,31H2,2-3H3,(H,50,54)/t33-,36+,43-,44?,45+,46+,48+/m0/s1. The second-order valence-corrected chi connectivity index (χ2v) is 17.5. The van der Waals surface area contributed by atoms with Gasteiger partial charge in [-0.2, -0.15) is 11.8 Å². The molecule has 1 saturated heterocycles. The number of aliphatic hydroxyl groups excluding tert-OH is 2. The third kappa shape index (κ3) is 10.6. The first kappa shape index (κ1) is 45.4. The molecule has 4 aliphatic rings. The SMILES string of the molecule is C=CCO[C@@]12Oc3ccc(OC(=O)Nc4ccc(OC)cc4OC)cc3[C@H]3[C@H](CCCCO)[C@@H](CCCCO)C=C(C(=NOC4CCCCO4)C[C@@H]1SCCc1ccncc1)[C@H]32. The number of nitrogens with zero attached hydrogens (tertiary/aromatic N) is 2. The molecule has 2 aliphatic heterocycles. The molecule has 334 valence electrons. The Kier molecular flexibility index (Phi) is 16.2. The number of carbonyl (C=O) groups is 1. The monoisotopic (exact) mass is 871 g/mol. The number of methoxy groups -OCH3 is 2. The number of carbonyl (C=O) groups excluding carboxylic acids is 1. The topological polar surface area (TPSA) is 159 Å². The van der Waals surface area contributed by atoms with E-state index in [-0.39, 0.29) is 48.7 Å². The predicted molar refractivity (Wildman–Crippen MR) is 239 cm³/mol. The number of anilines is 1. The van der Waals surface area contributed by atoms with Gasteiger partial charge in [0.2, 0.25) is 12.1 Å². The summed E-state index contributed by atoms with van der Waals surface area (Å²) in [7, 11) is 3.09. The second kappa shape index (κ2) is 22.2. The summed E-state index contributed by atoms with van der Waals surface area (Å²) in [6.07, 6.45) is 15.5. The zero-order valence-electron chi connectivity index (χ0n) is 35.9. The van der Waals surface area contributed by atoms with Crippen LogP contribution in [0.2, 0.25) is 0 Å². The molecule has 0 radical (unpaired) electrons. The number of aromatic nitrogens is 1. The molecule has 3 N–H and O–H groups in total. The number of benzene rings is 2. The molecular formula is C48H61N3O10S. The van der Waals surface area contributed by atoms with Crippen LogP contribution in [0.4, 0.5) is 10.5 Å². The summed E-state index contributed by atoms with van der Waals surface area (Å²) in [6.45, 7) is 5.16. The van der Waals surface area contributed by atoms with E-state index >= 15 is 0 Å². The quantitative estimate of drug-likeness (QED) is 0.0531. The minimum atomic E-state index is -1.13. The fraction of sp³-hybridized carbons (Fsp3) is 0.521. The Morgan fingerprint density at radius 2 is 1.82 bits per heavy atom. The van der Waals surface area contributed by atoms with Crippen molar-refractivity contribution in [3.63, 3.8) is 0 Å². The first-order chi connectivity index (χ1) is 30.4. The molecule has 3 aromatic rings. The molecule has 62 heavy (non-hydrogen) atoms. The van der Waals surface area contributed by atoms with Crippen molar-refractivity contribution in [3.05, 3.63) is 96.4 Å². The second-order valence-electron chi connectivity index (χ2n) is 16.2. The van der Waals surface area contributed by atoms with Crippen molar-refractivity contribution in [3.8, 4) is 23.0 Å². The Hall–Kier alpha value is -4.60. The first-order valence-electron chi connectivity index (χ1n) is 22.0. The molecule has 1 unspecified atom stereocenters. The first-order valence-corrected chi connectivity index (χ1v) is 23.0. The Labute approximate surface area is 369 Å². The van der Waals surface area contributed by atoms with Gasteiger partial charge in [0, 0.05) is 56.0 Å². The van der Waals surface area contributed by atoms with E-state index in [4.69, 9.17) is 38.4 Å². The van der Waals surface area contributed by atoms with Crippen LogP contribution in [0.1, 0.15) is 81.3 Å². The Morgan fingerprint density at radius 3 is 2.56 bits per heavy atom. The molecule has 7 rings (SSSR count). The molecule has 2 fully saturated rings. The lowest BCUT2D eigenvalue weighted by molar-refractivity contribution is -0.223. The average molecular weight is 872 g/mol. The summed E-state index contributed by atoms with van der Waals surface area (Å²) >= 11 is 1.81. The lowest BCUT2D eigenvalue weighted by Crippen LogP contribution is -2.64. The fourth-order valence-corrected chi connectivity index (χ4v) is 10.9. The summed E-state index contributed by atoms with van der Waals surface area (Å²) in [6, 6.07) is 14.8. The summed E-state index contributed by atoms with van der Waals surface area (Å²) in [4.78, 5) is 24.0. The molecule has 14 heteroatoms. The van der Waals surface area contributed by atoms with Crippen LogP contribution in [0.3, 0.4) is 0 Å². The number of aryl methyl sites for hydroxylation is 1. The van der Waals surface area contributed by atoms with Gasteiger partial charge in [0.25, 0.3) is 0 Å². The van der Waals surface area contributed by atoms with Crippen LogP contribution in [0, 0.1) is 17.8 Å². The Balaban J connectivity index is 1.32. The fourth-order valence-electron chi connectivity index (χ4n) is 9.47. The number of hydrogen-bond donors (Lipinski definition) is 3. The summed E-state index contributed by atoms with van der Waals surface area (Å²) in [5.74, 6) is 1.37. The third-order valence-electron chi connectivity index (χ3n) is 12.4. The number of pyridine rings is 1. The largest absolute Gasteiger partial charge is 0.497 e. The van der Waals surface area contributed by atoms with Crippen molar-refractivity contribution >= 4 is 29.3 Å². The van der Waals surface area contributed by atoms with Gasteiger partial charge in [-0.25, -0.2) is 4.79 Å². The van der Waals surface area contributed by atoms with Crippen molar-refractivity contribution in [1.29, 1.82) is 0 Å². The number of unbranched alkanes of at least 4 members (excludes halogenated alkanes) is 2. The highest BCUT2D eigenvalue weighted by atomic mass is 32.2. The van der Waals surface area contributed by atoms with Crippen LogP contribution >= 0.6 is 11.8 Å². The van der Waals surface area contributed by atoms with Crippen LogP contribution in [-0.4, -0.2) is 90.7 Å². The summed E-state index contributed by atoms with van der Waals surface area (Å²) < 4.78 is 37.2. The van der Waals surface area contributed by atoms with E-state index in [9.17, 15) is 15.0 Å². The van der Waals surface area contributed by atoms with E-state index in [0.29, 0.717) is 54.6 Å². The van der Waals surface area contributed by atoms with Crippen molar-refractivity contribution in [2.45, 2.75) is 93.9 Å². The molecule has 0 spiro atoms. The molecule has 2 aliphatic carbocycles. The Morgan fingerprint density at radius 1 is 1.02 bits per heavy atom. The summed E-state index contributed by atoms with van der Waals surface area (Å²) in [5, 5.41) is 27.4. The number of allylic oxidation sites excluding steroid dienone is 1. The van der Waals surface area contributed by atoms with E-state index in [0.717, 1.165) is 74.0 Å². The van der Waals surface area contributed by atoms with Gasteiger partial charge in [-0.1, -0.05) is 30.1 Å². The van der Waals surface area contributed by atoms with Crippen LogP contribution < -0.4 is 24.3 Å². The maximum absolute atomic E-state index is 13.5. The van der Waals surface area contributed by atoms with Gasteiger partial charge in [0.1, 0.15) is 23.0 Å². The lowest BCUT2D eigenvalue weighted by atomic mass is 9.56. The molecule has 0 bridgehead atoms. The number of rotatable bonds is 21. The van der Waals surface area contributed by atoms with Gasteiger partial charge in [0.05, 0.1) is 50.0 Å². The molecule has 7 atom stereocenters. The van der Waals surface area contributed by atoms with Crippen molar-refractivity contribution in [1.82, 2.24) is 4.98 Å². The minimum Gasteiger partial charge on any atom is -0.497 e. The number of fused-ring (bicyclic) bond motifs is 2. The van der Waals surface area contributed by atoms with Crippen LogP contribution in [0.15, 0.2) is 90.4 Å². The average Bonchev–Trinajstić information content (AvgIpc) is 3.30. The number of nitrogens with one attached hydrogen (secondary N) is 1. The molecule has 1 saturated carbocycles.